The van der Waals surface area contributed by atoms with Gasteiger partial charge in [0.05, 0.1) is 12.9 Å². The predicted octanol–water partition coefficient (Wildman–Crippen LogP) is 2.01. The quantitative estimate of drug-likeness (QED) is 0.751. The maximum Gasteiger partial charge on any atom is 0.228 e. The predicted molar refractivity (Wildman–Crippen MR) is 86.7 cm³/mol. The third kappa shape index (κ3) is 5.33. The second-order valence-corrected chi connectivity index (χ2v) is 6.99. The standard InChI is InChI=1S/C15H21N3O4S/c1-3-4-10-23(19,20)16-9-8-14-17-15(18-22-14)12-6-5-7-13(11-12)21-2/h5-7,11,16H,3-4,8-10H2,1-2H3. The van der Waals surface area contributed by atoms with Gasteiger partial charge in [0.25, 0.3) is 0 Å². The highest BCUT2D eigenvalue weighted by molar-refractivity contribution is 7.89. The molecule has 0 spiro atoms. The fraction of sp³-hybridized carbons (Fsp3) is 0.467. The molecule has 2 rings (SSSR count). The zero-order valence-corrected chi connectivity index (χ0v) is 14.1. The molecule has 1 aromatic carbocycles. The maximum absolute atomic E-state index is 11.7. The zero-order chi connectivity index (χ0) is 16.7. The van der Waals surface area contributed by atoms with Gasteiger partial charge in [-0.2, -0.15) is 4.98 Å². The number of benzene rings is 1. The fourth-order valence-corrected chi connectivity index (χ4v) is 3.18. The summed E-state index contributed by atoms with van der Waals surface area (Å²) in [6, 6.07) is 7.33. The first-order valence-electron chi connectivity index (χ1n) is 7.48. The van der Waals surface area contributed by atoms with Crippen molar-refractivity contribution < 1.29 is 17.7 Å². The first-order chi connectivity index (χ1) is 11.0. The third-order valence-electron chi connectivity index (χ3n) is 3.22. The van der Waals surface area contributed by atoms with Gasteiger partial charge >= 0.3 is 0 Å². The molecule has 0 aliphatic rings. The summed E-state index contributed by atoms with van der Waals surface area (Å²) in [7, 11) is -1.64. The molecule has 0 amide bonds. The van der Waals surface area contributed by atoms with Gasteiger partial charge in [-0.05, 0) is 18.6 Å². The molecule has 0 aliphatic heterocycles. The van der Waals surface area contributed by atoms with Crippen LogP contribution in [0.2, 0.25) is 0 Å². The molecule has 8 heteroatoms. The fourth-order valence-electron chi connectivity index (χ4n) is 1.96. The minimum atomic E-state index is -3.22. The number of hydrogen-bond acceptors (Lipinski definition) is 6. The first kappa shape index (κ1) is 17.4. The number of rotatable bonds is 9. The molecular weight excluding hydrogens is 318 g/mol. The van der Waals surface area contributed by atoms with Crippen molar-refractivity contribution in [1.82, 2.24) is 14.9 Å². The molecule has 0 aliphatic carbocycles. The van der Waals surface area contributed by atoms with Gasteiger partial charge in [0.1, 0.15) is 5.75 Å². The van der Waals surface area contributed by atoms with E-state index in [0.29, 0.717) is 30.3 Å². The Morgan fingerprint density at radius 1 is 1.35 bits per heavy atom. The number of ether oxygens (including phenoxy) is 1. The number of aromatic nitrogens is 2. The number of nitrogens with one attached hydrogen (secondary N) is 1. The summed E-state index contributed by atoms with van der Waals surface area (Å²) in [5.41, 5.74) is 0.780. The second kappa shape index (κ2) is 8.07. The van der Waals surface area contributed by atoms with Crippen LogP contribution in [0.15, 0.2) is 28.8 Å². The van der Waals surface area contributed by atoms with E-state index in [1.807, 2.05) is 31.2 Å². The third-order valence-corrected chi connectivity index (χ3v) is 4.69. The van der Waals surface area contributed by atoms with Crippen molar-refractivity contribution in [3.63, 3.8) is 0 Å². The minimum absolute atomic E-state index is 0.141. The molecule has 0 saturated heterocycles. The van der Waals surface area contributed by atoms with Crippen LogP contribution in [0.1, 0.15) is 25.7 Å². The molecule has 7 nitrogen and oxygen atoms in total. The molecule has 0 unspecified atom stereocenters. The van der Waals surface area contributed by atoms with Crippen LogP contribution in [0.5, 0.6) is 5.75 Å². The Bertz CT molecular complexity index is 728. The van der Waals surface area contributed by atoms with E-state index in [2.05, 4.69) is 14.9 Å². The Kier molecular flexibility index (Phi) is 6.12. The summed E-state index contributed by atoms with van der Waals surface area (Å²) in [5, 5.41) is 3.91. The van der Waals surface area contributed by atoms with E-state index in [0.717, 1.165) is 12.0 Å². The molecule has 126 valence electrons. The van der Waals surface area contributed by atoms with Crippen LogP contribution in [-0.4, -0.2) is 38.0 Å². The van der Waals surface area contributed by atoms with Gasteiger partial charge in [-0.25, -0.2) is 13.1 Å². The molecule has 1 aromatic heterocycles. The molecule has 2 aromatic rings. The van der Waals surface area contributed by atoms with Gasteiger partial charge in [-0.15, -0.1) is 0 Å². The topological polar surface area (TPSA) is 94.3 Å². The maximum atomic E-state index is 11.7. The summed E-state index contributed by atoms with van der Waals surface area (Å²) >= 11 is 0. The molecule has 0 fully saturated rings. The Labute approximate surface area is 136 Å². The monoisotopic (exact) mass is 339 g/mol. The van der Waals surface area contributed by atoms with Crippen LogP contribution in [0, 0.1) is 0 Å². The smallest absolute Gasteiger partial charge is 0.228 e. The van der Waals surface area contributed by atoms with E-state index < -0.39 is 10.0 Å². The second-order valence-electron chi connectivity index (χ2n) is 5.06. The number of nitrogens with zero attached hydrogens (tertiary/aromatic N) is 2. The highest BCUT2D eigenvalue weighted by atomic mass is 32.2. The Hall–Kier alpha value is -1.93. The van der Waals surface area contributed by atoms with E-state index in [-0.39, 0.29) is 12.3 Å². The summed E-state index contributed by atoms with van der Waals surface area (Å²) < 4.78 is 36.2. The molecule has 0 bridgehead atoms. The van der Waals surface area contributed by atoms with Crippen LogP contribution >= 0.6 is 0 Å². The number of unbranched alkanes of at least 4 members (excludes halogenated alkanes) is 1. The van der Waals surface area contributed by atoms with Gasteiger partial charge in [-0.1, -0.05) is 30.6 Å². The lowest BCUT2D eigenvalue weighted by Crippen LogP contribution is -2.28. The van der Waals surface area contributed by atoms with Crippen LogP contribution in [0.25, 0.3) is 11.4 Å². The van der Waals surface area contributed by atoms with Crippen LogP contribution in [-0.2, 0) is 16.4 Å². The van der Waals surface area contributed by atoms with Crippen LogP contribution < -0.4 is 9.46 Å². The van der Waals surface area contributed by atoms with Crippen molar-refractivity contribution in [2.75, 3.05) is 19.4 Å². The molecule has 1 heterocycles. The molecule has 0 radical (unpaired) electrons. The first-order valence-corrected chi connectivity index (χ1v) is 9.13. The van der Waals surface area contributed by atoms with Gasteiger partial charge < -0.3 is 9.26 Å². The highest BCUT2D eigenvalue weighted by Crippen LogP contribution is 2.21. The number of methoxy groups -OCH3 is 1. The normalized spacial score (nSPS) is 11.6. The van der Waals surface area contributed by atoms with Gasteiger partial charge in [0.15, 0.2) is 0 Å². The SMILES string of the molecule is CCCCS(=O)(=O)NCCc1nc(-c2cccc(OC)c2)no1. The van der Waals surface area contributed by atoms with Crippen molar-refractivity contribution in [2.24, 2.45) is 0 Å². The van der Waals surface area contributed by atoms with Gasteiger partial charge in [0.2, 0.25) is 21.7 Å². The molecule has 0 saturated carbocycles. The Morgan fingerprint density at radius 3 is 2.91 bits per heavy atom. The lowest BCUT2D eigenvalue weighted by Gasteiger charge is -2.03. The Balaban J connectivity index is 1.92. The summed E-state index contributed by atoms with van der Waals surface area (Å²) in [5.74, 6) is 1.69. The van der Waals surface area contributed by atoms with Gasteiger partial charge in [0, 0.05) is 18.5 Å². The minimum Gasteiger partial charge on any atom is -0.497 e. The summed E-state index contributed by atoms with van der Waals surface area (Å²) in [6.45, 7) is 2.19. The van der Waals surface area contributed by atoms with E-state index in [1.54, 1.807) is 7.11 Å². The average molecular weight is 339 g/mol. The van der Waals surface area contributed by atoms with Crippen LogP contribution in [0.3, 0.4) is 0 Å². The zero-order valence-electron chi connectivity index (χ0n) is 13.3. The lowest BCUT2D eigenvalue weighted by atomic mass is 10.2. The lowest BCUT2D eigenvalue weighted by molar-refractivity contribution is 0.379. The number of sulfonamides is 1. The van der Waals surface area contributed by atoms with Crippen molar-refractivity contribution in [3.05, 3.63) is 30.2 Å². The van der Waals surface area contributed by atoms with E-state index in [4.69, 9.17) is 9.26 Å². The van der Waals surface area contributed by atoms with Crippen molar-refractivity contribution in [2.45, 2.75) is 26.2 Å². The van der Waals surface area contributed by atoms with Crippen molar-refractivity contribution >= 4 is 10.0 Å². The molecule has 0 atom stereocenters. The van der Waals surface area contributed by atoms with E-state index in [9.17, 15) is 8.42 Å². The molecule has 1 N–H and O–H groups in total. The summed E-state index contributed by atoms with van der Waals surface area (Å²) in [4.78, 5) is 4.27. The van der Waals surface area contributed by atoms with Crippen LogP contribution in [0.4, 0.5) is 0 Å². The Morgan fingerprint density at radius 2 is 2.17 bits per heavy atom. The van der Waals surface area contributed by atoms with Crippen molar-refractivity contribution in [1.29, 1.82) is 0 Å². The molecule has 23 heavy (non-hydrogen) atoms. The van der Waals surface area contributed by atoms with Crippen molar-refractivity contribution in [3.8, 4) is 17.1 Å². The number of hydrogen-bond donors (Lipinski definition) is 1. The van der Waals surface area contributed by atoms with Gasteiger partial charge in [-0.3, -0.25) is 0 Å². The van der Waals surface area contributed by atoms with E-state index >= 15 is 0 Å². The summed E-state index contributed by atoms with van der Waals surface area (Å²) in [6.07, 6.45) is 1.84. The highest BCUT2D eigenvalue weighted by Gasteiger charge is 2.12. The molecular formula is C15H21N3O4S. The van der Waals surface area contributed by atoms with E-state index in [1.165, 1.54) is 0 Å². The average Bonchev–Trinajstić information content (AvgIpc) is 3.02. The largest absolute Gasteiger partial charge is 0.497 e.